The lowest BCUT2D eigenvalue weighted by molar-refractivity contribution is -0.306. The smallest absolute Gasteiger partial charge is 0.426 e. The molecule has 0 aliphatic rings. The first-order valence-corrected chi connectivity index (χ1v) is 6.17. The van der Waals surface area contributed by atoms with E-state index in [4.69, 9.17) is 0 Å². The van der Waals surface area contributed by atoms with Crippen LogP contribution >= 0.6 is 0 Å². The van der Waals surface area contributed by atoms with Crippen LogP contribution in [-0.2, 0) is 4.74 Å². The van der Waals surface area contributed by atoms with Crippen molar-refractivity contribution >= 4 is 22.6 Å². The summed E-state index contributed by atoms with van der Waals surface area (Å²) < 4.78 is 77.3. The van der Waals surface area contributed by atoms with Crippen LogP contribution in [0.15, 0.2) is 42.5 Å². The average Bonchev–Trinajstić information content (AvgIpc) is 2.42. The summed E-state index contributed by atoms with van der Waals surface area (Å²) in [6, 6.07) is 11.1. The normalized spacial score (nSPS) is 12.5. The molecule has 0 aliphatic carbocycles. The van der Waals surface area contributed by atoms with Crippen molar-refractivity contribution in [2.45, 2.75) is 18.5 Å². The molecule has 1 N–H and O–H groups in total. The minimum Gasteiger partial charge on any atom is -0.426 e. The third kappa shape index (κ3) is 4.27. The summed E-state index contributed by atoms with van der Waals surface area (Å²) in [4.78, 5) is 11.3. The highest BCUT2D eigenvalue weighted by atomic mass is 19.4. The zero-order valence-corrected chi connectivity index (χ0v) is 11.2. The maximum absolute atomic E-state index is 12.3. The lowest BCUT2D eigenvalue weighted by atomic mass is 10.1. The van der Waals surface area contributed by atoms with Crippen LogP contribution in [0.4, 0.5) is 36.8 Å². The van der Waals surface area contributed by atoms with Gasteiger partial charge in [0, 0.05) is 5.69 Å². The first-order valence-electron chi connectivity index (χ1n) is 6.17. The van der Waals surface area contributed by atoms with Gasteiger partial charge in [-0.05, 0) is 22.9 Å². The van der Waals surface area contributed by atoms with Gasteiger partial charge < -0.3 is 4.74 Å². The van der Waals surface area contributed by atoms with Gasteiger partial charge in [0.25, 0.3) is 6.10 Å². The summed E-state index contributed by atoms with van der Waals surface area (Å²) in [7, 11) is 0. The van der Waals surface area contributed by atoms with Crippen molar-refractivity contribution in [3.63, 3.8) is 0 Å². The van der Waals surface area contributed by atoms with Gasteiger partial charge in [0.2, 0.25) is 0 Å². The second-order valence-electron chi connectivity index (χ2n) is 4.56. The molecule has 0 saturated heterocycles. The van der Waals surface area contributed by atoms with Crippen LogP contribution in [0.25, 0.3) is 10.8 Å². The number of benzene rings is 2. The topological polar surface area (TPSA) is 38.3 Å². The molecule has 0 bridgehead atoms. The van der Waals surface area contributed by atoms with Crippen LogP contribution in [0, 0.1) is 0 Å². The Hall–Kier alpha value is -2.45. The van der Waals surface area contributed by atoms with Crippen molar-refractivity contribution in [1.29, 1.82) is 0 Å². The molecule has 9 heteroatoms. The van der Waals surface area contributed by atoms with E-state index in [1.807, 2.05) is 5.32 Å². The Morgan fingerprint density at radius 1 is 0.913 bits per heavy atom. The molecular formula is C14H9F6NO2. The van der Waals surface area contributed by atoms with E-state index in [2.05, 4.69) is 4.74 Å². The van der Waals surface area contributed by atoms with Crippen molar-refractivity contribution in [1.82, 2.24) is 0 Å². The van der Waals surface area contributed by atoms with Crippen LogP contribution < -0.4 is 5.32 Å². The quantitative estimate of drug-likeness (QED) is 0.793. The molecule has 0 heterocycles. The van der Waals surface area contributed by atoms with Crippen molar-refractivity contribution in [3.05, 3.63) is 42.5 Å². The number of rotatable bonds is 2. The number of anilines is 1. The number of hydrogen-bond donors (Lipinski definition) is 1. The second-order valence-corrected chi connectivity index (χ2v) is 4.56. The zero-order chi connectivity index (χ0) is 17.3. The number of nitrogens with one attached hydrogen (secondary N) is 1. The number of halogens is 6. The molecule has 0 radical (unpaired) electrons. The summed E-state index contributed by atoms with van der Waals surface area (Å²) in [5.74, 6) is 0. The summed E-state index contributed by atoms with van der Waals surface area (Å²) in [6.07, 6.45) is -17.5. The minimum absolute atomic E-state index is 0.0109. The number of hydrogen-bond acceptors (Lipinski definition) is 2. The highest BCUT2D eigenvalue weighted by Crippen LogP contribution is 2.35. The Balaban J connectivity index is 2.13. The molecule has 0 spiro atoms. The van der Waals surface area contributed by atoms with E-state index in [1.54, 1.807) is 30.3 Å². The number of ether oxygens (including phenoxy) is 1. The summed E-state index contributed by atoms with van der Waals surface area (Å²) in [5.41, 5.74) is 0.0109. The van der Waals surface area contributed by atoms with Crippen LogP contribution in [-0.4, -0.2) is 24.5 Å². The molecule has 23 heavy (non-hydrogen) atoms. The molecule has 3 nitrogen and oxygen atoms in total. The lowest BCUT2D eigenvalue weighted by Gasteiger charge is -2.22. The van der Waals surface area contributed by atoms with Crippen molar-refractivity contribution < 1.29 is 35.9 Å². The van der Waals surface area contributed by atoms with E-state index >= 15 is 0 Å². The third-order valence-corrected chi connectivity index (χ3v) is 2.82. The van der Waals surface area contributed by atoms with Gasteiger partial charge in [0.15, 0.2) is 0 Å². The number of carbonyl (C=O) groups excluding carboxylic acids is 1. The Morgan fingerprint density at radius 3 is 2.04 bits per heavy atom. The number of carbonyl (C=O) groups is 1. The molecule has 0 aromatic heterocycles. The van der Waals surface area contributed by atoms with Gasteiger partial charge in [-0.3, -0.25) is 5.32 Å². The van der Waals surface area contributed by atoms with Gasteiger partial charge in [0.05, 0.1) is 0 Å². The van der Waals surface area contributed by atoms with Crippen LogP contribution in [0.3, 0.4) is 0 Å². The van der Waals surface area contributed by atoms with Crippen LogP contribution in [0.1, 0.15) is 0 Å². The predicted octanol–water partition coefficient (Wildman–Crippen LogP) is 4.88. The first kappa shape index (κ1) is 16.9. The lowest BCUT2D eigenvalue weighted by Crippen LogP contribution is -2.46. The maximum Gasteiger partial charge on any atom is 0.434 e. The monoisotopic (exact) mass is 337 g/mol. The Kier molecular flexibility index (Phi) is 4.39. The standard InChI is InChI=1S/C14H9F6NO2/c15-13(16,17)11(14(18,19)20)23-12(22)21-10-6-5-8-3-1-2-4-9(8)7-10/h1-7,11H,(H,21,22). The average molecular weight is 337 g/mol. The summed E-state index contributed by atoms with van der Waals surface area (Å²) >= 11 is 0. The zero-order valence-electron chi connectivity index (χ0n) is 11.2. The molecule has 0 atom stereocenters. The van der Waals surface area contributed by atoms with Gasteiger partial charge >= 0.3 is 18.4 Å². The molecule has 2 aromatic rings. The Bertz CT molecular complexity index is 696. The number of alkyl halides is 6. The van der Waals surface area contributed by atoms with E-state index < -0.39 is 24.5 Å². The van der Waals surface area contributed by atoms with E-state index in [0.29, 0.717) is 5.39 Å². The maximum atomic E-state index is 12.3. The fraction of sp³-hybridized carbons (Fsp3) is 0.214. The molecular weight excluding hydrogens is 328 g/mol. The molecule has 124 valence electrons. The third-order valence-electron chi connectivity index (χ3n) is 2.82. The van der Waals surface area contributed by atoms with Gasteiger partial charge in [-0.2, -0.15) is 26.3 Å². The minimum atomic E-state index is -5.75. The van der Waals surface area contributed by atoms with E-state index in [9.17, 15) is 31.1 Å². The molecule has 0 saturated carbocycles. The fourth-order valence-electron chi connectivity index (χ4n) is 1.84. The molecule has 1 amide bonds. The molecule has 2 aromatic carbocycles. The van der Waals surface area contributed by atoms with E-state index in [0.717, 1.165) is 5.39 Å². The SMILES string of the molecule is O=C(Nc1ccc2ccccc2c1)OC(C(F)(F)F)C(F)(F)F. The highest BCUT2D eigenvalue weighted by molar-refractivity contribution is 5.91. The van der Waals surface area contributed by atoms with Crippen molar-refractivity contribution in [2.24, 2.45) is 0 Å². The largest absolute Gasteiger partial charge is 0.434 e. The van der Waals surface area contributed by atoms with Gasteiger partial charge in [-0.1, -0.05) is 30.3 Å². The Labute approximate surface area is 125 Å². The number of amides is 1. The predicted molar refractivity (Wildman–Crippen MR) is 69.9 cm³/mol. The summed E-state index contributed by atoms with van der Waals surface area (Å²) in [6.45, 7) is 0. The van der Waals surface area contributed by atoms with Crippen LogP contribution in [0.5, 0.6) is 0 Å². The van der Waals surface area contributed by atoms with Gasteiger partial charge in [-0.15, -0.1) is 0 Å². The molecule has 0 aliphatic heterocycles. The Morgan fingerprint density at radius 2 is 1.48 bits per heavy atom. The van der Waals surface area contributed by atoms with E-state index in [-0.39, 0.29) is 5.69 Å². The van der Waals surface area contributed by atoms with Crippen LogP contribution in [0.2, 0.25) is 0 Å². The highest BCUT2D eigenvalue weighted by Gasteiger charge is 2.60. The molecule has 0 fully saturated rings. The molecule has 0 unspecified atom stereocenters. The van der Waals surface area contributed by atoms with Crippen molar-refractivity contribution in [3.8, 4) is 0 Å². The first-order chi connectivity index (χ1) is 10.6. The summed E-state index contributed by atoms with van der Waals surface area (Å²) in [5, 5.41) is 3.28. The fourth-order valence-corrected chi connectivity index (χ4v) is 1.84. The molecule has 2 rings (SSSR count). The van der Waals surface area contributed by atoms with E-state index in [1.165, 1.54) is 12.1 Å². The second kappa shape index (κ2) is 5.98. The van der Waals surface area contributed by atoms with Gasteiger partial charge in [-0.25, -0.2) is 4.79 Å². The van der Waals surface area contributed by atoms with Gasteiger partial charge in [0.1, 0.15) is 0 Å². The van der Waals surface area contributed by atoms with Crippen molar-refractivity contribution in [2.75, 3.05) is 5.32 Å². The number of fused-ring (bicyclic) bond motifs is 1.